The molecular weight excluding hydrogens is 303 g/mol. The number of amides is 1. The van der Waals surface area contributed by atoms with E-state index in [4.69, 9.17) is 0 Å². The van der Waals surface area contributed by atoms with Gasteiger partial charge in [0.25, 0.3) is 0 Å². The quantitative estimate of drug-likeness (QED) is 0.700. The lowest BCUT2D eigenvalue weighted by Crippen LogP contribution is -2.50. The number of nitrogens with zero attached hydrogens (tertiary/aromatic N) is 1. The summed E-state index contributed by atoms with van der Waals surface area (Å²) in [5.41, 5.74) is 0. The first-order valence-corrected chi connectivity index (χ1v) is 6.13. The highest BCUT2D eigenvalue weighted by atomic mass is 32.2. The lowest BCUT2D eigenvalue weighted by Gasteiger charge is -2.28. The average molecular weight is 315 g/mol. The molecule has 1 amide bonds. The molecule has 0 radical (unpaired) electrons. The predicted molar refractivity (Wildman–Crippen MR) is 56.3 cm³/mol. The molecule has 0 N–H and O–H groups in total. The summed E-state index contributed by atoms with van der Waals surface area (Å²) in [6.07, 6.45) is -6.37. The van der Waals surface area contributed by atoms with Gasteiger partial charge in [0, 0.05) is 13.1 Å². The van der Waals surface area contributed by atoms with Gasteiger partial charge in [-0.1, -0.05) is 11.8 Å². The van der Waals surface area contributed by atoms with E-state index in [0.717, 1.165) is 4.90 Å². The molecule has 0 bridgehead atoms. The molecule has 0 fully saturated rings. The van der Waals surface area contributed by atoms with Gasteiger partial charge in [-0.25, -0.2) is 0 Å². The van der Waals surface area contributed by atoms with Crippen LogP contribution < -0.4 is 0 Å². The summed E-state index contributed by atoms with van der Waals surface area (Å²) in [4.78, 5) is 12.3. The lowest BCUT2D eigenvalue weighted by molar-refractivity contribution is -0.330. The van der Waals surface area contributed by atoms with Crippen LogP contribution in [-0.2, 0) is 4.79 Å². The Morgan fingerprint density at radius 1 is 1.00 bits per heavy atom. The second kappa shape index (κ2) is 6.19. The highest BCUT2D eigenvalue weighted by Crippen LogP contribution is 2.51. The van der Waals surface area contributed by atoms with E-state index in [1.807, 2.05) is 0 Å². The average Bonchev–Trinajstić information content (AvgIpc) is 2.26. The molecule has 0 atom stereocenters. The molecular formula is C9H12F7NOS. The minimum atomic E-state index is -6.37. The Labute approximate surface area is 109 Å². The van der Waals surface area contributed by atoms with Crippen molar-refractivity contribution >= 4 is 17.7 Å². The SMILES string of the molecule is CCN(CC)C(=O)CSC(F)(F)C(F)(F)C(F)(F)F. The summed E-state index contributed by atoms with van der Waals surface area (Å²) in [5.74, 6) is -8.26. The van der Waals surface area contributed by atoms with E-state index in [1.54, 1.807) is 0 Å². The fraction of sp³-hybridized carbons (Fsp3) is 0.889. The Morgan fingerprint density at radius 2 is 1.42 bits per heavy atom. The van der Waals surface area contributed by atoms with Crippen molar-refractivity contribution in [1.82, 2.24) is 4.90 Å². The summed E-state index contributed by atoms with van der Waals surface area (Å²) in [6, 6.07) is 0. The van der Waals surface area contributed by atoms with E-state index in [0.29, 0.717) is 0 Å². The third-order valence-electron chi connectivity index (χ3n) is 2.21. The van der Waals surface area contributed by atoms with Crippen LogP contribution in [0.1, 0.15) is 13.8 Å². The fourth-order valence-electron chi connectivity index (χ4n) is 1.08. The van der Waals surface area contributed by atoms with Crippen LogP contribution in [0.25, 0.3) is 0 Å². The van der Waals surface area contributed by atoms with Crippen LogP contribution in [0.2, 0.25) is 0 Å². The number of thioether (sulfide) groups is 1. The van der Waals surface area contributed by atoms with Crippen LogP contribution in [0.3, 0.4) is 0 Å². The molecule has 0 aromatic rings. The van der Waals surface area contributed by atoms with Gasteiger partial charge in [-0.3, -0.25) is 4.79 Å². The summed E-state index contributed by atoms with van der Waals surface area (Å²) < 4.78 is 86.1. The maximum absolute atomic E-state index is 12.9. The molecule has 0 saturated carbocycles. The van der Waals surface area contributed by atoms with Gasteiger partial charge in [0.15, 0.2) is 0 Å². The smallest absolute Gasteiger partial charge is 0.343 e. The van der Waals surface area contributed by atoms with Crippen LogP contribution in [0.15, 0.2) is 0 Å². The van der Waals surface area contributed by atoms with Gasteiger partial charge in [0.05, 0.1) is 5.75 Å². The monoisotopic (exact) mass is 315 g/mol. The normalized spacial score (nSPS) is 13.5. The minimum absolute atomic E-state index is 0.150. The van der Waals surface area contributed by atoms with Crippen molar-refractivity contribution < 1.29 is 35.5 Å². The number of rotatable bonds is 6. The molecule has 0 rings (SSSR count). The number of hydrogen-bond donors (Lipinski definition) is 0. The Balaban J connectivity index is 4.76. The molecule has 2 nitrogen and oxygen atoms in total. The second-order valence-electron chi connectivity index (χ2n) is 3.44. The first kappa shape index (κ1) is 18.3. The van der Waals surface area contributed by atoms with Crippen molar-refractivity contribution in [1.29, 1.82) is 0 Å². The van der Waals surface area contributed by atoms with Crippen molar-refractivity contribution in [2.45, 2.75) is 31.2 Å². The van der Waals surface area contributed by atoms with Crippen molar-refractivity contribution in [3.63, 3.8) is 0 Å². The number of carbonyl (C=O) groups is 1. The zero-order chi connectivity index (χ0) is 15.5. The Kier molecular flexibility index (Phi) is 5.97. The molecule has 19 heavy (non-hydrogen) atoms. The second-order valence-corrected chi connectivity index (χ2v) is 4.53. The van der Waals surface area contributed by atoms with Crippen LogP contribution >= 0.6 is 11.8 Å². The topological polar surface area (TPSA) is 20.3 Å². The summed E-state index contributed by atoms with van der Waals surface area (Å²) in [7, 11) is 0. The third kappa shape index (κ3) is 4.15. The predicted octanol–water partition coefficient (Wildman–Crippen LogP) is 3.38. The maximum Gasteiger partial charge on any atom is 0.460 e. The van der Waals surface area contributed by atoms with Gasteiger partial charge in [0.2, 0.25) is 5.91 Å². The molecule has 0 heterocycles. The van der Waals surface area contributed by atoms with Gasteiger partial charge in [-0.2, -0.15) is 30.7 Å². The van der Waals surface area contributed by atoms with Gasteiger partial charge >= 0.3 is 17.4 Å². The molecule has 0 unspecified atom stereocenters. The highest BCUT2D eigenvalue weighted by Gasteiger charge is 2.73. The van der Waals surface area contributed by atoms with E-state index in [-0.39, 0.29) is 13.1 Å². The molecule has 0 aromatic carbocycles. The zero-order valence-corrected chi connectivity index (χ0v) is 10.8. The van der Waals surface area contributed by atoms with Crippen molar-refractivity contribution in [2.75, 3.05) is 18.8 Å². The minimum Gasteiger partial charge on any atom is -0.343 e. The molecule has 0 spiro atoms. The maximum atomic E-state index is 12.9. The molecule has 0 aliphatic carbocycles. The van der Waals surface area contributed by atoms with Crippen molar-refractivity contribution in [3.8, 4) is 0 Å². The van der Waals surface area contributed by atoms with Crippen LogP contribution in [-0.4, -0.2) is 47.0 Å². The largest absolute Gasteiger partial charge is 0.460 e. The molecule has 0 aliphatic heterocycles. The standard InChI is InChI=1S/C9H12F7NOS/c1-3-17(4-2)6(18)5-19-9(15,16)7(10,11)8(12,13)14/h3-5H2,1-2H3. The van der Waals surface area contributed by atoms with E-state index in [1.165, 1.54) is 13.8 Å². The number of alkyl halides is 7. The highest BCUT2D eigenvalue weighted by molar-refractivity contribution is 8.01. The van der Waals surface area contributed by atoms with Gasteiger partial charge in [-0.05, 0) is 13.8 Å². The fourth-order valence-corrected chi connectivity index (χ4v) is 1.86. The zero-order valence-electron chi connectivity index (χ0n) is 10.0. The molecule has 0 saturated heterocycles. The lowest BCUT2D eigenvalue weighted by atomic mass is 10.3. The van der Waals surface area contributed by atoms with Gasteiger partial charge < -0.3 is 4.90 Å². The van der Waals surface area contributed by atoms with Gasteiger partial charge in [0.1, 0.15) is 0 Å². The summed E-state index contributed by atoms with van der Waals surface area (Å²) >= 11 is -1.01. The van der Waals surface area contributed by atoms with E-state index >= 15 is 0 Å². The van der Waals surface area contributed by atoms with Crippen LogP contribution in [0, 0.1) is 0 Å². The molecule has 0 aromatic heterocycles. The molecule has 114 valence electrons. The first-order chi connectivity index (χ1) is 8.40. The van der Waals surface area contributed by atoms with E-state index < -0.39 is 40.8 Å². The van der Waals surface area contributed by atoms with E-state index in [9.17, 15) is 35.5 Å². The summed E-state index contributed by atoms with van der Waals surface area (Å²) in [6.45, 7) is 3.34. The molecule has 10 heteroatoms. The van der Waals surface area contributed by atoms with Gasteiger partial charge in [-0.15, -0.1) is 0 Å². The number of carbonyl (C=O) groups excluding carboxylic acids is 1. The van der Waals surface area contributed by atoms with Crippen molar-refractivity contribution in [3.05, 3.63) is 0 Å². The van der Waals surface area contributed by atoms with Crippen LogP contribution in [0.5, 0.6) is 0 Å². The van der Waals surface area contributed by atoms with Crippen molar-refractivity contribution in [2.24, 2.45) is 0 Å². The number of halogens is 7. The van der Waals surface area contributed by atoms with E-state index in [2.05, 4.69) is 0 Å². The summed E-state index contributed by atoms with van der Waals surface area (Å²) in [5, 5.41) is -5.39. The first-order valence-electron chi connectivity index (χ1n) is 5.14. The Bertz CT molecular complexity index is 314. The van der Waals surface area contributed by atoms with Crippen LogP contribution in [0.4, 0.5) is 30.7 Å². The third-order valence-corrected chi connectivity index (χ3v) is 3.22. The molecule has 0 aliphatic rings. The Morgan fingerprint density at radius 3 is 1.74 bits per heavy atom. The Hall–Kier alpha value is -0.670. The number of hydrogen-bond acceptors (Lipinski definition) is 2.